The fraction of sp³-hybridized carbons (Fsp3) is 0.286. The van der Waals surface area contributed by atoms with Gasteiger partial charge >= 0.3 is 24.8 Å². The summed E-state index contributed by atoms with van der Waals surface area (Å²) >= 11 is 0. The quantitative estimate of drug-likeness (QED) is 0.528. The van der Waals surface area contributed by atoms with Crippen LogP contribution in [0.15, 0.2) is 12.5 Å². The van der Waals surface area contributed by atoms with E-state index in [1.807, 2.05) is 0 Å². The van der Waals surface area contributed by atoms with Gasteiger partial charge in [-0.3, -0.25) is 4.79 Å². The summed E-state index contributed by atoms with van der Waals surface area (Å²) < 4.78 is 12.8. The Morgan fingerprint density at radius 2 is 2.38 bits per heavy atom. The third-order valence-electron chi connectivity index (χ3n) is 1.48. The number of halogens is 1. The van der Waals surface area contributed by atoms with Gasteiger partial charge in [0.1, 0.15) is 6.33 Å². The first-order chi connectivity index (χ1) is 5.63. The molecule has 0 bridgehead atoms. The van der Waals surface area contributed by atoms with E-state index < -0.39 is 17.7 Å². The Kier molecular flexibility index (Phi) is 4.60. The third-order valence-corrected chi connectivity index (χ3v) is 1.48. The minimum atomic E-state index is -1.10. The van der Waals surface area contributed by atoms with E-state index in [0.29, 0.717) is 0 Å². The second-order valence-electron chi connectivity index (χ2n) is 2.32. The Hall–Kier alpha value is -0.923. The first-order valence-corrected chi connectivity index (χ1v) is 3.31. The number of nitrogens with zero attached hydrogens (tertiary/aromatic N) is 2. The number of rotatable bonds is 2. The summed E-state index contributed by atoms with van der Waals surface area (Å²) in [5.74, 6) is -2.73. The van der Waals surface area contributed by atoms with Crippen molar-refractivity contribution in [2.45, 2.75) is 12.8 Å². The maximum absolute atomic E-state index is 12.8. The molecule has 1 N–H and O–H groups in total. The average Bonchev–Trinajstić information content (AvgIpc) is 2.04. The third kappa shape index (κ3) is 2.79. The molecule has 1 heterocycles. The van der Waals surface area contributed by atoms with E-state index in [-0.39, 0.29) is 26.0 Å². The fourth-order valence-corrected chi connectivity index (χ4v) is 0.758. The topological polar surface area (TPSA) is 63.1 Å². The van der Waals surface area contributed by atoms with Crippen molar-refractivity contribution in [3.8, 4) is 0 Å². The average molecular weight is 178 g/mol. The maximum atomic E-state index is 12.8. The van der Waals surface area contributed by atoms with Crippen molar-refractivity contribution >= 4 is 5.97 Å². The smallest absolute Gasteiger partial charge is 1.00 e. The Morgan fingerprint density at radius 3 is 2.85 bits per heavy atom. The second-order valence-corrected chi connectivity index (χ2v) is 2.32. The van der Waals surface area contributed by atoms with E-state index in [2.05, 4.69) is 9.97 Å². The largest absolute Gasteiger partial charge is 1.00 e. The molecule has 1 atom stereocenters. The van der Waals surface area contributed by atoms with E-state index in [9.17, 15) is 9.18 Å². The van der Waals surface area contributed by atoms with Crippen molar-refractivity contribution in [1.29, 1.82) is 0 Å². The number of hydrogen-bond acceptors (Lipinski definition) is 3. The molecule has 1 unspecified atom stereocenters. The van der Waals surface area contributed by atoms with E-state index in [1.165, 1.54) is 6.92 Å². The molecule has 1 aromatic heterocycles. The van der Waals surface area contributed by atoms with Gasteiger partial charge in [-0.1, -0.05) is 0 Å². The van der Waals surface area contributed by atoms with Crippen LogP contribution in [0.3, 0.4) is 0 Å². The van der Waals surface area contributed by atoms with Crippen LogP contribution in [0, 0.1) is 5.82 Å². The summed E-state index contributed by atoms with van der Waals surface area (Å²) in [5.41, 5.74) is -0.0856. The van der Waals surface area contributed by atoms with Gasteiger partial charge in [-0.05, 0) is 6.92 Å². The monoisotopic (exact) mass is 178 g/mol. The molecule has 0 spiro atoms. The van der Waals surface area contributed by atoms with Gasteiger partial charge in [-0.15, -0.1) is 0 Å². The van der Waals surface area contributed by atoms with Crippen LogP contribution >= 0.6 is 0 Å². The number of carboxylic acid groups (broad SMARTS) is 1. The van der Waals surface area contributed by atoms with Gasteiger partial charge in [-0.2, -0.15) is 0 Å². The van der Waals surface area contributed by atoms with E-state index in [4.69, 9.17) is 5.11 Å². The van der Waals surface area contributed by atoms with E-state index >= 15 is 0 Å². The molecular weight excluding hydrogens is 170 g/mol. The van der Waals surface area contributed by atoms with Crippen molar-refractivity contribution in [3.05, 3.63) is 24.0 Å². The first kappa shape index (κ1) is 12.1. The summed E-state index contributed by atoms with van der Waals surface area (Å²) in [6.45, 7) is 1.37. The molecule has 0 fully saturated rings. The maximum Gasteiger partial charge on any atom is 1.00 e. The van der Waals surface area contributed by atoms with E-state index in [1.54, 1.807) is 0 Å². The number of carbonyl (C=O) groups is 1. The molecular formula is C7H8FLiN2O2. The molecule has 13 heavy (non-hydrogen) atoms. The first-order valence-electron chi connectivity index (χ1n) is 3.31. The molecule has 0 radical (unpaired) electrons. The zero-order chi connectivity index (χ0) is 9.14. The van der Waals surface area contributed by atoms with Gasteiger partial charge in [0.05, 0.1) is 17.8 Å². The van der Waals surface area contributed by atoms with Gasteiger partial charge < -0.3 is 6.53 Å². The van der Waals surface area contributed by atoms with E-state index in [0.717, 1.165) is 12.5 Å². The Morgan fingerprint density at radius 1 is 1.77 bits per heavy atom. The number of aromatic nitrogens is 2. The summed E-state index contributed by atoms with van der Waals surface area (Å²) in [6, 6.07) is 0. The normalized spacial score (nSPS) is 11.5. The van der Waals surface area contributed by atoms with Crippen LogP contribution < -0.4 is 18.9 Å². The standard InChI is InChI=1S/C7H7FN2O2.Li.H/c1-4(7(11)12)6-5(8)2-9-3-10-6;;/h2-4H,1H3,(H,11,12);;/q;+1;-1. The minimum Gasteiger partial charge on any atom is -1.00 e. The zero-order valence-electron chi connectivity index (χ0n) is 8.36. The van der Waals surface area contributed by atoms with Crippen molar-refractivity contribution in [3.63, 3.8) is 0 Å². The Balaban J connectivity index is 0. The summed E-state index contributed by atoms with van der Waals surface area (Å²) in [5, 5.41) is 8.53. The summed E-state index contributed by atoms with van der Waals surface area (Å²) in [7, 11) is 0. The van der Waals surface area contributed by atoms with Gasteiger partial charge in [0.15, 0.2) is 5.82 Å². The fourth-order valence-electron chi connectivity index (χ4n) is 0.758. The van der Waals surface area contributed by atoms with Gasteiger partial charge in [0.25, 0.3) is 0 Å². The zero-order valence-corrected chi connectivity index (χ0v) is 7.36. The van der Waals surface area contributed by atoms with Crippen molar-refractivity contribution in [2.24, 2.45) is 0 Å². The van der Waals surface area contributed by atoms with Crippen LogP contribution in [-0.2, 0) is 4.79 Å². The Bertz CT molecular complexity index is 313. The second kappa shape index (κ2) is 4.95. The number of carboxylic acids is 1. The molecule has 6 heteroatoms. The summed E-state index contributed by atoms with van der Waals surface area (Å²) in [6.07, 6.45) is 2.07. The van der Waals surface area contributed by atoms with Crippen LogP contribution in [0.25, 0.3) is 0 Å². The molecule has 1 rings (SSSR count). The van der Waals surface area contributed by atoms with Crippen molar-refractivity contribution < 1.29 is 34.6 Å². The van der Waals surface area contributed by atoms with Gasteiger partial charge in [0.2, 0.25) is 0 Å². The molecule has 0 amide bonds. The van der Waals surface area contributed by atoms with Crippen molar-refractivity contribution in [2.75, 3.05) is 0 Å². The molecule has 0 aliphatic heterocycles. The molecule has 66 valence electrons. The van der Waals surface area contributed by atoms with Crippen molar-refractivity contribution in [1.82, 2.24) is 9.97 Å². The molecule has 0 saturated heterocycles. The SMILES string of the molecule is CC(C(=O)O)c1ncncc1F.[H-].[Li+]. The Labute approximate surface area is 87.9 Å². The van der Waals surface area contributed by atoms with Crippen LogP contribution in [0.1, 0.15) is 20.0 Å². The number of hydrogen-bond donors (Lipinski definition) is 1. The molecule has 4 nitrogen and oxygen atoms in total. The predicted molar refractivity (Wildman–Crippen MR) is 39.2 cm³/mol. The van der Waals surface area contributed by atoms with Crippen LogP contribution in [0.2, 0.25) is 0 Å². The molecule has 0 aromatic carbocycles. The van der Waals surface area contributed by atoms with Gasteiger partial charge in [-0.25, -0.2) is 14.4 Å². The summed E-state index contributed by atoms with van der Waals surface area (Å²) in [4.78, 5) is 17.4. The van der Waals surface area contributed by atoms with Gasteiger partial charge in [0, 0.05) is 0 Å². The minimum absolute atomic E-state index is 0. The predicted octanol–water partition coefficient (Wildman–Crippen LogP) is -2.08. The number of aliphatic carboxylic acids is 1. The van der Waals surface area contributed by atoms with Crippen LogP contribution in [-0.4, -0.2) is 21.0 Å². The van der Waals surface area contributed by atoms with Crippen LogP contribution in [0.4, 0.5) is 4.39 Å². The molecule has 1 aromatic rings. The molecule has 0 aliphatic carbocycles. The molecule has 0 aliphatic rings. The molecule has 0 saturated carbocycles. The van der Waals surface area contributed by atoms with Crippen LogP contribution in [0.5, 0.6) is 0 Å².